The molecule has 1 atom stereocenters. The predicted octanol–water partition coefficient (Wildman–Crippen LogP) is 3.54. The van der Waals surface area contributed by atoms with E-state index >= 15 is 0 Å². The van der Waals surface area contributed by atoms with Crippen molar-refractivity contribution in [2.45, 2.75) is 38.9 Å². The number of hydrogen-bond donors (Lipinski definition) is 2. The van der Waals surface area contributed by atoms with E-state index in [0.717, 1.165) is 12.0 Å². The van der Waals surface area contributed by atoms with Crippen molar-refractivity contribution in [1.82, 2.24) is 0 Å². The lowest BCUT2D eigenvalue weighted by Crippen LogP contribution is -2.28. The summed E-state index contributed by atoms with van der Waals surface area (Å²) in [6, 6.07) is 2.10. The molecule has 18 heavy (non-hydrogen) atoms. The van der Waals surface area contributed by atoms with Crippen molar-refractivity contribution < 1.29 is 18.3 Å². The van der Waals surface area contributed by atoms with E-state index in [1.165, 1.54) is 12.1 Å². The molecule has 0 aliphatic carbocycles. The molecule has 1 aromatic rings. The average Bonchev–Trinajstić information content (AvgIpc) is 2.25. The van der Waals surface area contributed by atoms with Crippen LogP contribution in [-0.4, -0.2) is 11.3 Å². The highest BCUT2D eigenvalue weighted by molar-refractivity contribution is 5.39. The molecule has 0 aliphatic heterocycles. The highest BCUT2D eigenvalue weighted by Gasteiger charge is 2.39. The smallest absolute Gasteiger partial charge is 0.407 e. The minimum atomic E-state index is -4.55. The molecule has 0 saturated carbocycles. The van der Waals surface area contributed by atoms with Gasteiger partial charge in [-0.15, -0.1) is 0 Å². The van der Waals surface area contributed by atoms with Crippen LogP contribution in [-0.2, 0) is 6.42 Å². The monoisotopic (exact) mass is 261 g/mol. The number of aryl methyl sites for hydroxylation is 1. The lowest BCUT2D eigenvalue weighted by Gasteiger charge is -2.18. The first-order valence-corrected chi connectivity index (χ1v) is 5.86. The van der Waals surface area contributed by atoms with Crippen LogP contribution in [0.25, 0.3) is 0 Å². The van der Waals surface area contributed by atoms with E-state index in [1.807, 2.05) is 13.8 Å². The number of phenolic OH excluding ortho intramolecular Hbond substituents is 1. The zero-order valence-corrected chi connectivity index (χ0v) is 10.5. The van der Waals surface area contributed by atoms with Gasteiger partial charge in [0.1, 0.15) is 11.8 Å². The molecule has 3 N–H and O–H groups in total. The fraction of sp³-hybridized carbons (Fsp3) is 0.538. The Bertz CT molecular complexity index is 402. The standard InChI is InChI=1S/C13H18F3NO/c1-8(2)3-4-9-5-6-11(18)10(7-9)12(17)13(14,15)16/h5-8,12,18H,3-4,17H2,1-2H3/t12-/m0/s1. The fourth-order valence-electron chi connectivity index (χ4n) is 1.64. The van der Waals surface area contributed by atoms with Crippen LogP contribution in [0.5, 0.6) is 5.75 Å². The Balaban J connectivity index is 2.94. The summed E-state index contributed by atoms with van der Waals surface area (Å²) in [5.74, 6) is 0.0617. The zero-order valence-electron chi connectivity index (χ0n) is 10.5. The van der Waals surface area contributed by atoms with Crippen molar-refractivity contribution in [2.75, 3.05) is 0 Å². The Morgan fingerprint density at radius 3 is 2.39 bits per heavy atom. The van der Waals surface area contributed by atoms with Gasteiger partial charge in [-0.1, -0.05) is 26.0 Å². The van der Waals surface area contributed by atoms with Crippen LogP contribution in [0.3, 0.4) is 0 Å². The highest BCUT2D eigenvalue weighted by Crippen LogP contribution is 2.35. The Kier molecular flexibility index (Phi) is 4.62. The normalized spacial score (nSPS) is 13.9. The molecule has 1 aromatic carbocycles. The fourth-order valence-corrected chi connectivity index (χ4v) is 1.64. The van der Waals surface area contributed by atoms with Gasteiger partial charge in [0.15, 0.2) is 0 Å². The molecule has 0 amide bonds. The van der Waals surface area contributed by atoms with Crippen molar-refractivity contribution in [1.29, 1.82) is 0 Å². The number of aromatic hydroxyl groups is 1. The molecule has 0 aliphatic rings. The highest BCUT2D eigenvalue weighted by atomic mass is 19.4. The van der Waals surface area contributed by atoms with Crippen LogP contribution < -0.4 is 5.73 Å². The minimum Gasteiger partial charge on any atom is -0.508 e. The summed E-state index contributed by atoms with van der Waals surface area (Å²) in [5, 5.41) is 9.47. The van der Waals surface area contributed by atoms with Crippen LogP contribution in [0.15, 0.2) is 18.2 Å². The summed E-state index contributed by atoms with van der Waals surface area (Å²) in [4.78, 5) is 0. The van der Waals surface area contributed by atoms with Gasteiger partial charge in [-0.3, -0.25) is 0 Å². The van der Waals surface area contributed by atoms with Gasteiger partial charge in [0.2, 0.25) is 0 Å². The lowest BCUT2D eigenvalue weighted by atomic mass is 9.98. The molecule has 0 bridgehead atoms. The summed E-state index contributed by atoms with van der Waals surface area (Å²) in [6.45, 7) is 4.09. The molecule has 0 heterocycles. The Morgan fingerprint density at radius 1 is 1.28 bits per heavy atom. The maximum absolute atomic E-state index is 12.5. The summed E-state index contributed by atoms with van der Waals surface area (Å²) >= 11 is 0. The molecule has 0 fully saturated rings. The molecule has 5 heteroatoms. The molecule has 102 valence electrons. The Hall–Kier alpha value is -1.23. The van der Waals surface area contributed by atoms with E-state index in [4.69, 9.17) is 5.73 Å². The van der Waals surface area contributed by atoms with Gasteiger partial charge < -0.3 is 10.8 Å². The molecular weight excluding hydrogens is 243 g/mol. The minimum absolute atomic E-state index is 0.260. The SMILES string of the molecule is CC(C)CCc1ccc(O)c([C@H](N)C(F)(F)F)c1. The first-order valence-electron chi connectivity index (χ1n) is 5.86. The number of rotatable bonds is 4. The number of alkyl halides is 3. The summed E-state index contributed by atoms with van der Waals surface area (Å²) in [6.07, 6.45) is -2.99. The summed E-state index contributed by atoms with van der Waals surface area (Å²) in [5.41, 5.74) is 5.61. The van der Waals surface area contributed by atoms with Crippen LogP contribution in [0.1, 0.15) is 37.4 Å². The molecule has 0 radical (unpaired) electrons. The van der Waals surface area contributed by atoms with E-state index in [0.29, 0.717) is 12.3 Å². The average molecular weight is 261 g/mol. The number of phenols is 1. The van der Waals surface area contributed by atoms with Crippen LogP contribution >= 0.6 is 0 Å². The van der Waals surface area contributed by atoms with Crippen molar-refractivity contribution in [3.05, 3.63) is 29.3 Å². The molecule has 0 spiro atoms. The number of hydrogen-bond acceptors (Lipinski definition) is 2. The first-order chi connectivity index (χ1) is 8.21. The van der Waals surface area contributed by atoms with Crippen LogP contribution in [0, 0.1) is 5.92 Å². The van der Waals surface area contributed by atoms with Crippen molar-refractivity contribution in [3.63, 3.8) is 0 Å². The van der Waals surface area contributed by atoms with Gasteiger partial charge >= 0.3 is 6.18 Å². The van der Waals surface area contributed by atoms with Gasteiger partial charge in [-0.25, -0.2) is 0 Å². The second kappa shape index (κ2) is 5.61. The van der Waals surface area contributed by atoms with E-state index in [9.17, 15) is 18.3 Å². The van der Waals surface area contributed by atoms with Crippen molar-refractivity contribution in [3.8, 4) is 5.75 Å². The number of benzene rings is 1. The quantitative estimate of drug-likeness (QED) is 0.870. The van der Waals surface area contributed by atoms with Crippen molar-refractivity contribution >= 4 is 0 Å². The molecule has 0 saturated heterocycles. The Labute approximate surface area is 105 Å². The predicted molar refractivity (Wildman–Crippen MR) is 64.2 cm³/mol. The van der Waals surface area contributed by atoms with Gasteiger partial charge in [0, 0.05) is 5.56 Å². The molecule has 1 rings (SSSR count). The molecule has 0 aromatic heterocycles. The van der Waals surface area contributed by atoms with Gasteiger partial charge in [-0.2, -0.15) is 13.2 Å². The summed E-state index contributed by atoms with van der Waals surface area (Å²) in [7, 11) is 0. The number of nitrogens with two attached hydrogens (primary N) is 1. The Morgan fingerprint density at radius 2 is 1.89 bits per heavy atom. The van der Waals surface area contributed by atoms with Gasteiger partial charge in [-0.05, 0) is 30.4 Å². The van der Waals surface area contributed by atoms with E-state index in [1.54, 1.807) is 6.07 Å². The third kappa shape index (κ3) is 3.91. The third-order valence-corrected chi connectivity index (χ3v) is 2.79. The molecule has 0 unspecified atom stereocenters. The number of halogens is 3. The maximum Gasteiger partial charge on any atom is 0.407 e. The lowest BCUT2D eigenvalue weighted by molar-refractivity contribution is -0.149. The van der Waals surface area contributed by atoms with E-state index < -0.39 is 18.0 Å². The summed E-state index contributed by atoms with van der Waals surface area (Å²) < 4.78 is 37.6. The van der Waals surface area contributed by atoms with Crippen molar-refractivity contribution in [2.24, 2.45) is 11.7 Å². The maximum atomic E-state index is 12.5. The zero-order chi connectivity index (χ0) is 13.9. The topological polar surface area (TPSA) is 46.2 Å². The van der Waals surface area contributed by atoms with Crippen LogP contribution in [0.4, 0.5) is 13.2 Å². The second-order valence-corrected chi connectivity index (χ2v) is 4.84. The van der Waals surface area contributed by atoms with Gasteiger partial charge in [0.05, 0.1) is 0 Å². The van der Waals surface area contributed by atoms with Crippen LogP contribution in [0.2, 0.25) is 0 Å². The van der Waals surface area contributed by atoms with E-state index in [2.05, 4.69) is 0 Å². The third-order valence-electron chi connectivity index (χ3n) is 2.79. The van der Waals surface area contributed by atoms with Gasteiger partial charge in [0.25, 0.3) is 0 Å². The largest absolute Gasteiger partial charge is 0.508 e. The first kappa shape index (κ1) is 14.8. The van der Waals surface area contributed by atoms with E-state index in [-0.39, 0.29) is 5.56 Å². The molecule has 2 nitrogen and oxygen atoms in total. The molecular formula is C13H18F3NO. The second-order valence-electron chi connectivity index (χ2n) is 4.84.